The lowest BCUT2D eigenvalue weighted by molar-refractivity contribution is 1.22. The van der Waals surface area contributed by atoms with Gasteiger partial charge in [-0.3, -0.25) is 4.99 Å². The molecule has 0 bridgehead atoms. The van der Waals surface area contributed by atoms with Crippen molar-refractivity contribution in [2.75, 3.05) is 5.88 Å². The quantitative estimate of drug-likeness (QED) is 0.676. The first kappa shape index (κ1) is 9.74. The zero-order valence-corrected chi connectivity index (χ0v) is 10.5. The van der Waals surface area contributed by atoms with E-state index < -0.39 is 0 Å². The van der Waals surface area contributed by atoms with Crippen LogP contribution in [0.3, 0.4) is 0 Å². The van der Waals surface area contributed by atoms with E-state index >= 15 is 0 Å². The van der Waals surface area contributed by atoms with Gasteiger partial charge in [-0.1, -0.05) is 23.9 Å². The van der Waals surface area contributed by atoms with Crippen molar-refractivity contribution in [2.24, 2.45) is 9.39 Å². The Morgan fingerprint density at radius 2 is 2.06 bits per heavy atom. The Morgan fingerprint density at radius 3 is 3.06 bits per heavy atom. The molecule has 0 aromatic heterocycles. The molecule has 2 nitrogen and oxygen atoms in total. The zero-order valence-electron chi connectivity index (χ0n) is 8.88. The summed E-state index contributed by atoms with van der Waals surface area (Å²) in [6, 6.07) is 8.61. The maximum absolute atomic E-state index is 4.51. The first-order valence-corrected chi connectivity index (χ1v) is 7.13. The molecule has 2 aromatic carbocycles. The summed E-state index contributed by atoms with van der Waals surface area (Å²) in [6.45, 7) is 0. The fraction of sp³-hybridized carbons (Fsp3) is 0.0769. The van der Waals surface area contributed by atoms with Crippen molar-refractivity contribution < 1.29 is 0 Å². The van der Waals surface area contributed by atoms with E-state index in [2.05, 4.69) is 39.7 Å². The zero-order chi connectivity index (χ0) is 11.2. The Bertz CT molecular complexity index is 778. The van der Waals surface area contributed by atoms with E-state index in [9.17, 15) is 0 Å². The lowest BCUT2D eigenvalue weighted by Crippen LogP contribution is -2.13. The molecule has 2 heterocycles. The van der Waals surface area contributed by atoms with E-state index in [-0.39, 0.29) is 0 Å². The molecule has 82 valence electrons. The molecular weight excluding hydrogens is 248 g/mol. The average Bonchev–Trinajstić information content (AvgIpc) is 2.86. The molecule has 0 amide bonds. The number of nitrogens with zero attached hydrogens (tertiary/aromatic N) is 2. The van der Waals surface area contributed by atoms with Crippen molar-refractivity contribution >= 4 is 46.8 Å². The Balaban J connectivity index is 2.29. The number of hydrogen-bond donors (Lipinski definition) is 0. The standard InChI is InChI=1S/C13H8N2S2/c1-3-10-13(16-7-14-10)12-8(1)2-4-11-9(12)5-6-15-17-11/h1-6H,7H2. The van der Waals surface area contributed by atoms with E-state index in [0.717, 1.165) is 11.2 Å². The van der Waals surface area contributed by atoms with Gasteiger partial charge in [0.2, 0.25) is 0 Å². The second-order valence-electron chi connectivity index (χ2n) is 3.93. The molecule has 0 saturated heterocycles. The van der Waals surface area contributed by atoms with Crippen LogP contribution in [-0.2, 0) is 0 Å². The van der Waals surface area contributed by atoms with Crippen LogP contribution >= 0.6 is 23.7 Å². The number of thioether (sulfide) groups is 1. The molecule has 2 aliphatic heterocycles. The summed E-state index contributed by atoms with van der Waals surface area (Å²) in [5.41, 5.74) is 0. The van der Waals surface area contributed by atoms with E-state index in [4.69, 9.17) is 0 Å². The highest BCUT2D eigenvalue weighted by atomic mass is 32.2. The van der Waals surface area contributed by atoms with Crippen LogP contribution in [0.5, 0.6) is 0 Å². The molecule has 0 spiro atoms. The fourth-order valence-electron chi connectivity index (χ4n) is 2.26. The highest BCUT2D eigenvalue weighted by molar-refractivity contribution is 7.99. The predicted octanol–water partition coefficient (Wildman–Crippen LogP) is 2.39. The Kier molecular flexibility index (Phi) is 2.07. The average molecular weight is 256 g/mol. The Morgan fingerprint density at radius 1 is 1.12 bits per heavy atom. The van der Waals surface area contributed by atoms with E-state index in [1.807, 2.05) is 18.0 Å². The van der Waals surface area contributed by atoms with Crippen LogP contribution in [0.25, 0.3) is 16.8 Å². The number of fused-ring (bicyclic) bond motifs is 5. The SMILES string of the molecule is C1=NSc2ccc3ccc4c(c3c2=C1)SCN=4. The molecule has 2 aliphatic rings. The molecule has 0 N–H and O–H groups in total. The van der Waals surface area contributed by atoms with Crippen LogP contribution in [0.15, 0.2) is 43.4 Å². The fourth-order valence-corrected chi connectivity index (χ4v) is 3.87. The van der Waals surface area contributed by atoms with Gasteiger partial charge < -0.3 is 0 Å². The van der Waals surface area contributed by atoms with Gasteiger partial charge in [-0.2, -0.15) is 0 Å². The van der Waals surface area contributed by atoms with Gasteiger partial charge in [0.05, 0.1) is 11.2 Å². The second kappa shape index (κ2) is 3.62. The highest BCUT2D eigenvalue weighted by Crippen LogP contribution is 2.28. The molecule has 0 saturated carbocycles. The topological polar surface area (TPSA) is 24.7 Å². The summed E-state index contributed by atoms with van der Waals surface area (Å²) in [7, 11) is 0. The van der Waals surface area contributed by atoms with Gasteiger partial charge in [0, 0.05) is 38.6 Å². The Hall–Kier alpha value is -1.26. The van der Waals surface area contributed by atoms with Crippen LogP contribution in [0.2, 0.25) is 0 Å². The maximum Gasteiger partial charge on any atom is 0.0898 e. The van der Waals surface area contributed by atoms with Gasteiger partial charge in [-0.15, -0.1) is 0 Å². The molecule has 0 fully saturated rings. The van der Waals surface area contributed by atoms with Crippen LogP contribution in [0.1, 0.15) is 0 Å². The highest BCUT2D eigenvalue weighted by Gasteiger charge is 2.13. The van der Waals surface area contributed by atoms with Crippen molar-refractivity contribution in [1.29, 1.82) is 0 Å². The molecule has 2 aromatic rings. The minimum Gasteiger partial charge on any atom is -0.273 e. The van der Waals surface area contributed by atoms with Crippen LogP contribution in [0.4, 0.5) is 0 Å². The van der Waals surface area contributed by atoms with Crippen LogP contribution in [0, 0.1) is 0 Å². The largest absolute Gasteiger partial charge is 0.273 e. The monoisotopic (exact) mass is 256 g/mol. The third-order valence-corrected chi connectivity index (χ3v) is 4.76. The predicted molar refractivity (Wildman–Crippen MR) is 74.3 cm³/mol. The molecular formula is C13H8N2S2. The molecule has 4 rings (SSSR count). The summed E-state index contributed by atoms with van der Waals surface area (Å²) in [5.74, 6) is 0.847. The van der Waals surface area contributed by atoms with Crippen molar-refractivity contribution in [3.05, 3.63) is 34.8 Å². The second-order valence-corrected chi connectivity index (χ2v) is 5.72. The van der Waals surface area contributed by atoms with Crippen molar-refractivity contribution in [3.8, 4) is 0 Å². The summed E-state index contributed by atoms with van der Waals surface area (Å²) >= 11 is 3.38. The lowest BCUT2D eigenvalue weighted by atomic mass is 10.1. The van der Waals surface area contributed by atoms with Crippen molar-refractivity contribution in [2.45, 2.75) is 9.79 Å². The van der Waals surface area contributed by atoms with Crippen LogP contribution in [-0.4, -0.2) is 12.1 Å². The van der Waals surface area contributed by atoms with E-state index in [1.165, 1.54) is 25.8 Å². The lowest BCUT2D eigenvalue weighted by Gasteiger charge is -2.08. The van der Waals surface area contributed by atoms with E-state index in [0.29, 0.717) is 0 Å². The summed E-state index contributed by atoms with van der Waals surface area (Å²) < 4.78 is 4.22. The van der Waals surface area contributed by atoms with Gasteiger partial charge in [0.25, 0.3) is 0 Å². The summed E-state index contributed by atoms with van der Waals surface area (Å²) in [6.07, 6.45) is 3.98. The van der Waals surface area contributed by atoms with Gasteiger partial charge >= 0.3 is 0 Å². The molecule has 0 radical (unpaired) electrons. The van der Waals surface area contributed by atoms with Crippen molar-refractivity contribution in [3.63, 3.8) is 0 Å². The molecule has 0 atom stereocenters. The Labute approximate surface area is 107 Å². The normalized spacial score (nSPS) is 16.2. The minimum absolute atomic E-state index is 0.847. The molecule has 17 heavy (non-hydrogen) atoms. The summed E-state index contributed by atoms with van der Waals surface area (Å²) in [5, 5.41) is 5.06. The molecule has 0 aliphatic carbocycles. The van der Waals surface area contributed by atoms with Crippen LogP contribution < -0.4 is 10.6 Å². The van der Waals surface area contributed by atoms with Gasteiger partial charge in [0.15, 0.2) is 0 Å². The van der Waals surface area contributed by atoms with E-state index in [1.54, 1.807) is 11.9 Å². The number of benzene rings is 2. The third-order valence-electron chi connectivity index (χ3n) is 3.02. The van der Waals surface area contributed by atoms with Gasteiger partial charge in [-0.05, 0) is 23.6 Å². The minimum atomic E-state index is 0.847. The van der Waals surface area contributed by atoms with Gasteiger partial charge in [-0.25, -0.2) is 4.40 Å². The summed E-state index contributed by atoms with van der Waals surface area (Å²) in [4.78, 5) is 7.07. The maximum atomic E-state index is 4.51. The molecule has 0 unspecified atom stereocenters. The molecule has 4 heteroatoms. The first-order valence-electron chi connectivity index (χ1n) is 5.37. The number of hydrogen-bond acceptors (Lipinski definition) is 4. The third kappa shape index (κ3) is 1.37. The van der Waals surface area contributed by atoms with Gasteiger partial charge in [0.1, 0.15) is 0 Å². The number of rotatable bonds is 0. The first-order chi connectivity index (χ1) is 8.43. The smallest absolute Gasteiger partial charge is 0.0898 e. The van der Waals surface area contributed by atoms with Crippen molar-refractivity contribution in [1.82, 2.24) is 0 Å².